The van der Waals surface area contributed by atoms with Crippen molar-refractivity contribution >= 4 is 17.6 Å². The third kappa shape index (κ3) is 4.77. The topological polar surface area (TPSA) is 107 Å². The fourth-order valence-electron chi connectivity index (χ4n) is 3.60. The Labute approximate surface area is 186 Å². The van der Waals surface area contributed by atoms with Gasteiger partial charge in [-0.1, -0.05) is 0 Å². The maximum Gasteiger partial charge on any atom is 0.303 e. The summed E-state index contributed by atoms with van der Waals surface area (Å²) in [5.74, 6) is 0.916. The van der Waals surface area contributed by atoms with E-state index in [1.54, 1.807) is 45.6 Å². The maximum absolute atomic E-state index is 12.9. The summed E-state index contributed by atoms with van der Waals surface area (Å²) in [5, 5.41) is 14.9. The molecule has 0 fully saturated rings. The summed E-state index contributed by atoms with van der Waals surface area (Å²) >= 11 is 0. The first-order chi connectivity index (χ1) is 15.4. The van der Waals surface area contributed by atoms with Gasteiger partial charge in [-0.05, 0) is 24.3 Å². The molecule has 0 radical (unpaired) electrons. The highest BCUT2D eigenvalue weighted by atomic mass is 16.5. The van der Waals surface area contributed by atoms with Gasteiger partial charge < -0.3 is 24.1 Å². The molecule has 0 saturated heterocycles. The van der Waals surface area contributed by atoms with Gasteiger partial charge in [0.2, 0.25) is 5.91 Å². The lowest BCUT2D eigenvalue weighted by atomic mass is 9.96. The summed E-state index contributed by atoms with van der Waals surface area (Å²) in [4.78, 5) is 23.9. The first-order valence-electron chi connectivity index (χ1n) is 9.97. The van der Waals surface area contributed by atoms with Crippen LogP contribution in [0.3, 0.4) is 0 Å². The van der Waals surface area contributed by atoms with Crippen molar-refractivity contribution < 1.29 is 33.6 Å². The Morgan fingerprint density at radius 3 is 2.16 bits per heavy atom. The molecule has 0 aliphatic carbocycles. The van der Waals surface area contributed by atoms with Gasteiger partial charge in [0, 0.05) is 36.1 Å². The van der Waals surface area contributed by atoms with Crippen LogP contribution in [0.15, 0.2) is 41.5 Å². The van der Waals surface area contributed by atoms with Crippen LogP contribution >= 0.6 is 0 Å². The second-order valence-electron chi connectivity index (χ2n) is 7.07. The summed E-state index contributed by atoms with van der Waals surface area (Å²) in [6.07, 6.45) is -0.0521. The van der Waals surface area contributed by atoms with Gasteiger partial charge in [-0.2, -0.15) is 5.10 Å². The van der Waals surface area contributed by atoms with Crippen molar-refractivity contribution in [1.29, 1.82) is 0 Å². The number of rotatable bonds is 9. The molecule has 1 aliphatic rings. The molecular weight excluding hydrogens is 416 g/mol. The van der Waals surface area contributed by atoms with Crippen molar-refractivity contribution in [3.63, 3.8) is 0 Å². The van der Waals surface area contributed by atoms with Crippen LogP contribution in [-0.4, -0.2) is 56.1 Å². The Morgan fingerprint density at radius 2 is 1.56 bits per heavy atom. The molecule has 1 atom stereocenters. The Hall–Kier alpha value is -3.75. The number of methoxy groups -OCH3 is 4. The van der Waals surface area contributed by atoms with Crippen molar-refractivity contribution in [1.82, 2.24) is 5.01 Å². The van der Waals surface area contributed by atoms with Crippen molar-refractivity contribution in [2.45, 2.75) is 25.3 Å². The third-order valence-electron chi connectivity index (χ3n) is 5.24. The quantitative estimate of drug-likeness (QED) is 0.635. The summed E-state index contributed by atoms with van der Waals surface area (Å²) in [5.41, 5.74) is 2.10. The van der Waals surface area contributed by atoms with E-state index in [4.69, 9.17) is 24.1 Å². The van der Waals surface area contributed by atoms with E-state index in [1.165, 1.54) is 12.1 Å². The summed E-state index contributed by atoms with van der Waals surface area (Å²) in [6.45, 7) is 0. The fourth-order valence-corrected chi connectivity index (χ4v) is 3.60. The van der Waals surface area contributed by atoms with E-state index in [0.717, 1.165) is 11.1 Å². The third-order valence-corrected chi connectivity index (χ3v) is 5.24. The molecule has 0 saturated carbocycles. The van der Waals surface area contributed by atoms with Gasteiger partial charge in [-0.15, -0.1) is 0 Å². The van der Waals surface area contributed by atoms with Gasteiger partial charge in [-0.25, -0.2) is 5.01 Å². The van der Waals surface area contributed by atoms with Gasteiger partial charge in [0.1, 0.15) is 23.0 Å². The van der Waals surface area contributed by atoms with E-state index in [2.05, 4.69) is 5.10 Å². The minimum Gasteiger partial charge on any atom is -0.497 e. The summed E-state index contributed by atoms with van der Waals surface area (Å²) in [7, 11) is 6.21. The second-order valence-corrected chi connectivity index (χ2v) is 7.07. The highest BCUT2D eigenvalue weighted by molar-refractivity contribution is 6.05. The zero-order chi connectivity index (χ0) is 23.3. The zero-order valence-electron chi connectivity index (χ0n) is 18.5. The monoisotopic (exact) mass is 442 g/mol. The van der Waals surface area contributed by atoms with Crippen molar-refractivity contribution in [2.75, 3.05) is 28.4 Å². The number of carbonyl (C=O) groups is 2. The van der Waals surface area contributed by atoms with Crippen LogP contribution in [0.5, 0.6) is 23.0 Å². The van der Waals surface area contributed by atoms with Crippen molar-refractivity contribution in [3.05, 3.63) is 47.5 Å². The van der Waals surface area contributed by atoms with Crippen molar-refractivity contribution in [3.8, 4) is 23.0 Å². The molecule has 0 aromatic heterocycles. The average molecular weight is 442 g/mol. The predicted octanol–water partition coefficient (Wildman–Crippen LogP) is 3.26. The molecular formula is C23H26N2O7. The zero-order valence-corrected chi connectivity index (χ0v) is 18.5. The number of hydrazone groups is 1. The van der Waals surface area contributed by atoms with Crippen LogP contribution in [0.25, 0.3) is 0 Å². The standard InChI is InChI=1S/C23H26N2O7/c1-29-14-5-7-16(20(11-14)31-3)18-13-19(25(24-18)22(26)9-10-23(27)28)17-8-6-15(30-2)12-21(17)32-4/h5-8,11-12,19H,9-10,13H2,1-4H3,(H,27,28)/t19-/m0/s1. The number of hydrogen-bond acceptors (Lipinski definition) is 7. The molecule has 0 unspecified atom stereocenters. The molecule has 2 aromatic carbocycles. The number of amides is 1. The highest BCUT2D eigenvalue weighted by Crippen LogP contribution is 2.40. The number of nitrogens with zero attached hydrogens (tertiary/aromatic N) is 2. The molecule has 9 nitrogen and oxygen atoms in total. The minimum absolute atomic E-state index is 0.166. The molecule has 2 aromatic rings. The number of aliphatic carboxylic acids is 1. The highest BCUT2D eigenvalue weighted by Gasteiger charge is 2.35. The molecule has 1 heterocycles. The Bertz CT molecular complexity index is 1040. The van der Waals surface area contributed by atoms with Crippen molar-refractivity contribution in [2.24, 2.45) is 5.10 Å². The van der Waals surface area contributed by atoms with Gasteiger partial charge in [0.15, 0.2) is 0 Å². The first-order valence-corrected chi connectivity index (χ1v) is 9.97. The second kappa shape index (κ2) is 10.0. The number of carbonyl (C=O) groups excluding carboxylic acids is 1. The predicted molar refractivity (Wildman–Crippen MR) is 117 cm³/mol. The molecule has 9 heteroatoms. The smallest absolute Gasteiger partial charge is 0.303 e. The van der Waals surface area contributed by atoms with Gasteiger partial charge in [0.25, 0.3) is 0 Å². The lowest BCUT2D eigenvalue weighted by molar-refractivity contribution is -0.141. The lowest BCUT2D eigenvalue weighted by Gasteiger charge is -2.23. The van der Waals surface area contributed by atoms with E-state index in [-0.39, 0.29) is 12.8 Å². The number of hydrogen-bond donors (Lipinski definition) is 1. The molecule has 1 amide bonds. The Kier molecular flexibility index (Phi) is 7.19. The largest absolute Gasteiger partial charge is 0.497 e. The molecule has 1 N–H and O–H groups in total. The fraction of sp³-hybridized carbons (Fsp3) is 0.348. The summed E-state index contributed by atoms with van der Waals surface area (Å²) < 4.78 is 21.6. The molecule has 3 rings (SSSR count). The number of carboxylic acids is 1. The van der Waals surface area contributed by atoms with E-state index < -0.39 is 17.9 Å². The Morgan fingerprint density at radius 1 is 0.938 bits per heavy atom. The first kappa shape index (κ1) is 22.9. The Balaban J connectivity index is 2.03. The number of carboxylic acid groups (broad SMARTS) is 1. The molecule has 0 spiro atoms. The van der Waals surface area contributed by atoms with Crippen LogP contribution in [0.1, 0.15) is 36.4 Å². The lowest BCUT2D eigenvalue weighted by Crippen LogP contribution is -2.27. The summed E-state index contributed by atoms with van der Waals surface area (Å²) in [6, 6.07) is 10.2. The normalized spacial score (nSPS) is 15.2. The molecule has 0 bridgehead atoms. The number of benzene rings is 2. The average Bonchev–Trinajstić information content (AvgIpc) is 3.26. The van der Waals surface area contributed by atoms with Crippen LogP contribution in [-0.2, 0) is 9.59 Å². The van der Waals surface area contributed by atoms with Crippen LogP contribution in [0.2, 0.25) is 0 Å². The van der Waals surface area contributed by atoms with E-state index >= 15 is 0 Å². The van der Waals surface area contributed by atoms with Gasteiger partial charge in [-0.3, -0.25) is 9.59 Å². The van der Waals surface area contributed by atoms with Gasteiger partial charge >= 0.3 is 5.97 Å². The molecule has 170 valence electrons. The van der Waals surface area contributed by atoms with E-state index in [0.29, 0.717) is 35.1 Å². The maximum atomic E-state index is 12.9. The van der Waals surface area contributed by atoms with E-state index in [1.807, 2.05) is 12.1 Å². The molecule has 32 heavy (non-hydrogen) atoms. The minimum atomic E-state index is -1.04. The van der Waals surface area contributed by atoms with Crippen LogP contribution in [0.4, 0.5) is 0 Å². The number of ether oxygens (including phenoxy) is 4. The van der Waals surface area contributed by atoms with Crippen LogP contribution < -0.4 is 18.9 Å². The molecule has 1 aliphatic heterocycles. The van der Waals surface area contributed by atoms with Gasteiger partial charge in [0.05, 0.1) is 46.6 Å². The van der Waals surface area contributed by atoms with E-state index in [9.17, 15) is 9.59 Å². The SMILES string of the molecule is COc1ccc(C2=NN(C(=O)CCC(=O)O)[C@H](c3ccc(OC)cc3OC)C2)c(OC)c1. The van der Waals surface area contributed by atoms with Crippen LogP contribution in [0, 0.1) is 0 Å².